The van der Waals surface area contributed by atoms with E-state index in [0.717, 1.165) is 12.8 Å². The molecule has 1 aromatic carbocycles. The molecule has 0 N–H and O–H groups in total. The van der Waals surface area contributed by atoms with Crippen molar-refractivity contribution >= 4 is 40.8 Å². The Labute approximate surface area is 151 Å². The summed E-state index contributed by atoms with van der Waals surface area (Å²) in [6.07, 6.45) is 1.89. The Kier molecular flexibility index (Phi) is 4.49. The lowest BCUT2D eigenvalue weighted by Gasteiger charge is -2.36. The second-order valence-electron chi connectivity index (χ2n) is 7.31. The third-order valence-corrected chi connectivity index (χ3v) is 4.28. The fraction of sp³-hybridized carbons (Fsp3) is 0.500. The molecule has 0 bridgehead atoms. The van der Waals surface area contributed by atoms with E-state index in [9.17, 15) is 14.4 Å². The number of benzene rings is 1. The van der Waals surface area contributed by atoms with Crippen LogP contribution in [0.25, 0.3) is 0 Å². The lowest BCUT2D eigenvalue weighted by molar-refractivity contribution is -0.121. The second kappa shape index (κ2) is 6.33. The zero-order valence-corrected chi connectivity index (χ0v) is 15.3. The van der Waals surface area contributed by atoms with Gasteiger partial charge in [0.25, 0.3) is 0 Å². The van der Waals surface area contributed by atoms with E-state index in [2.05, 4.69) is 0 Å². The first kappa shape index (κ1) is 17.7. The van der Waals surface area contributed by atoms with Crippen LogP contribution < -0.4 is 9.80 Å². The summed E-state index contributed by atoms with van der Waals surface area (Å²) in [6.45, 7) is 5.31. The monoisotopic (exact) mass is 364 g/mol. The van der Waals surface area contributed by atoms with Gasteiger partial charge in [-0.25, -0.2) is 4.79 Å². The summed E-state index contributed by atoms with van der Waals surface area (Å²) < 4.78 is 5.40. The molecule has 6 nitrogen and oxygen atoms in total. The number of carbonyl (C=O) groups excluding carboxylic acids is 3. The van der Waals surface area contributed by atoms with Gasteiger partial charge in [0.05, 0.1) is 16.9 Å². The summed E-state index contributed by atoms with van der Waals surface area (Å²) in [7, 11) is 0. The van der Waals surface area contributed by atoms with E-state index in [-0.39, 0.29) is 30.3 Å². The first-order chi connectivity index (χ1) is 11.7. The van der Waals surface area contributed by atoms with E-state index in [1.165, 1.54) is 4.90 Å². The average Bonchev–Trinajstić information content (AvgIpc) is 3.35. The molecule has 7 heteroatoms. The Morgan fingerprint density at radius 2 is 1.92 bits per heavy atom. The molecule has 1 aliphatic carbocycles. The number of hydrogen-bond acceptors (Lipinski definition) is 4. The summed E-state index contributed by atoms with van der Waals surface area (Å²) in [4.78, 5) is 40.1. The molecule has 25 heavy (non-hydrogen) atoms. The highest BCUT2D eigenvalue weighted by molar-refractivity contribution is 6.30. The van der Waals surface area contributed by atoms with Gasteiger partial charge in [0.15, 0.2) is 0 Å². The standard InChI is InChI=1S/C18H21ClN2O4/c1-18(2,3)25-17(24)11-4-7-13-14(8-11)20(15(22)9-19)10-16(23)21(13)12-5-6-12/h4,7-8,12H,5-6,9-10H2,1-3H3. The van der Waals surface area contributed by atoms with E-state index in [1.54, 1.807) is 43.9 Å². The van der Waals surface area contributed by atoms with Crippen molar-refractivity contribution in [3.05, 3.63) is 23.8 Å². The van der Waals surface area contributed by atoms with Crippen molar-refractivity contribution in [2.24, 2.45) is 0 Å². The molecular formula is C18H21ClN2O4. The number of anilines is 2. The number of fused-ring (bicyclic) bond motifs is 1. The van der Waals surface area contributed by atoms with E-state index in [4.69, 9.17) is 16.3 Å². The molecule has 2 aliphatic rings. The number of carbonyl (C=O) groups is 3. The van der Waals surface area contributed by atoms with E-state index in [0.29, 0.717) is 16.9 Å². The van der Waals surface area contributed by atoms with Crippen molar-refractivity contribution in [3.8, 4) is 0 Å². The highest BCUT2D eigenvalue weighted by atomic mass is 35.5. The molecule has 134 valence electrons. The van der Waals surface area contributed by atoms with Gasteiger partial charge in [-0.2, -0.15) is 0 Å². The predicted molar refractivity (Wildman–Crippen MR) is 95.2 cm³/mol. The van der Waals surface area contributed by atoms with Crippen LogP contribution >= 0.6 is 11.6 Å². The fourth-order valence-electron chi connectivity index (χ4n) is 2.87. The molecule has 0 atom stereocenters. The molecule has 1 aliphatic heterocycles. The number of rotatable bonds is 3. The van der Waals surface area contributed by atoms with Crippen molar-refractivity contribution in [1.29, 1.82) is 0 Å². The zero-order valence-electron chi connectivity index (χ0n) is 14.5. The maximum Gasteiger partial charge on any atom is 0.338 e. The SMILES string of the molecule is CC(C)(C)OC(=O)c1ccc2c(c1)N(C(=O)CCl)CC(=O)N2C1CC1. The zero-order chi connectivity index (χ0) is 18.4. The van der Waals surface area contributed by atoms with Crippen LogP contribution in [0, 0.1) is 0 Å². The highest BCUT2D eigenvalue weighted by Crippen LogP contribution is 2.41. The number of alkyl halides is 1. The van der Waals surface area contributed by atoms with Gasteiger partial charge in [-0.3, -0.25) is 14.5 Å². The van der Waals surface area contributed by atoms with Crippen LogP contribution in [0.5, 0.6) is 0 Å². The van der Waals surface area contributed by atoms with Crippen LogP contribution in [0.15, 0.2) is 18.2 Å². The summed E-state index contributed by atoms with van der Waals surface area (Å²) in [5.41, 5.74) is 0.894. The van der Waals surface area contributed by atoms with Crippen molar-refractivity contribution in [1.82, 2.24) is 0 Å². The minimum Gasteiger partial charge on any atom is -0.456 e. The minimum atomic E-state index is -0.616. The minimum absolute atomic E-state index is 0.0627. The summed E-state index contributed by atoms with van der Waals surface area (Å²) in [5, 5.41) is 0. The third kappa shape index (κ3) is 3.63. The maximum absolute atomic E-state index is 12.5. The Bertz CT molecular complexity index is 737. The molecular weight excluding hydrogens is 344 g/mol. The molecule has 1 fully saturated rings. The molecule has 0 radical (unpaired) electrons. The third-order valence-electron chi connectivity index (χ3n) is 4.05. The Hall–Kier alpha value is -2.08. The van der Waals surface area contributed by atoms with Gasteiger partial charge in [-0.15, -0.1) is 11.6 Å². The van der Waals surface area contributed by atoms with Crippen LogP contribution in [0.4, 0.5) is 11.4 Å². The van der Waals surface area contributed by atoms with E-state index in [1.807, 2.05) is 0 Å². The fourth-order valence-corrected chi connectivity index (χ4v) is 3.01. The molecule has 1 saturated carbocycles. The lowest BCUT2D eigenvalue weighted by Crippen LogP contribution is -2.49. The molecule has 1 heterocycles. The molecule has 3 rings (SSSR count). The van der Waals surface area contributed by atoms with Crippen LogP contribution in [0.2, 0.25) is 0 Å². The summed E-state index contributed by atoms with van der Waals surface area (Å²) in [6, 6.07) is 5.12. The van der Waals surface area contributed by atoms with Crippen LogP contribution in [0.1, 0.15) is 44.0 Å². The van der Waals surface area contributed by atoms with Crippen molar-refractivity contribution < 1.29 is 19.1 Å². The quantitative estimate of drug-likeness (QED) is 0.611. The Morgan fingerprint density at radius 1 is 1.24 bits per heavy atom. The molecule has 1 aromatic rings. The highest BCUT2D eigenvalue weighted by Gasteiger charge is 2.40. The predicted octanol–water partition coefficient (Wildman–Crippen LogP) is 2.72. The van der Waals surface area contributed by atoms with Gasteiger partial charge in [0.1, 0.15) is 18.0 Å². The Morgan fingerprint density at radius 3 is 2.48 bits per heavy atom. The normalized spacial score (nSPS) is 17.4. The number of amides is 2. The van der Waals surface area contributed by atoms with Crippen LogP contribution in [-0.4, -0.2) is 41.9 Å². The van der Waals surface area contributed by atoms with E-state index < -0.39 is 11.6 Å². The van der Waals surface area contributed by atoms with Crippen molar-refractivity contribution in [3.63, 3.8) is 0 Å². The largest absolute Gasteiger partial charge is 0.456 e. The number of hydrogen-bond donors (Lipinski definition) is 0. The van der Waals surface area contributed by atoms with Crippen LogP contribution in [-0.2, 0) is 14.3 Å². The average molecular weight is 365 g/mol. The van der Waals surface area contributed by atoms with E-state index >= 15 is 0 Å². The van der Waals surface area contributed by atoms with Gasteiger partial charge in [0, 0.05) is 6.04 Å². The van der Waals surface area contributed by atoms with Crippen molar-refractivity contribution in [2.45, 2.75) is 45.3 Å². The molecule has 0 unspecified atom stereocenters. The molecule has 0 saturated heterocycles. The molecule has 0 aromatic heterocycles. The summed E-state index contributed by atoms with van der Waals surface area (Å²) in [5.74, 6) is -1.19. The maximum atomic E-state index is 12.5. The first-order valence-electron chi connectivity index (χ1n) is 8.27. The number of ether oxygens (including phenoxy) is 1. The first-order valence-corrected chi connectivity index (χ1v) is 8.80. The number of esters is 1. The van der Waals surface area contributed by atoms with Gasteiger partial charge in [0.2, 0.25) is 11.8 Å². The second-order valence-corrected chi connectivity index (χ2v) is 7.58. The topological polar surface area (TPSA) is 66.9 Å². The summed E-state index contributed by atoms with van der Waals surface area (Å²) >= 11 is 5.69. The number of nitrogens with zero attached hydrogens (tertiary/aromatic N) is 2. The molecule has 2 amide bonds. The lowest BCUT2D eigenvalue weighted by atomic mass is 10.1. The molecule has 0 spiro atoms. The van der Waals surface area contributed by atoms with Crippen molar-refractivity contribution in [2.75, 3.05) is 22.2 Å². The van der Waals surface area contributed by atoms with Crippen LogP contribution in [0.3, 0.4) is 0 Å². The smallest absolute Gasteiger partial charge is 0.338 e. The van der Waals surface area contributed by atoms with Gasteiger partial charge >= 0.3 is 5.97 Å². The number of halogens is 1. The Balaban J connectivity index is 2.01. The van der Waals surface area contributed by atoms with Gasteiger partial charge in [-0.1, -0.05) is 0 Å². The van der Waals surface area contributed by atoms with Gasteiger partial charge in [-0.05, 0) is 51.8 Å². The van der Waals surface area contributed by atoms with Gasteiger partial charge < -0.3 is 9.64 Å².